The van der Waals surface area contributed by atoms with Crippen molar-refractivity contribution in [2.75, 3.05) is 0 Å². The van der Waals surface area contributed by atoms with Gasteiger partial charge in [0, 0.05) is 25.6 Å². The lowest BCUT2D eigenvalue weighted by Crippen LogP contribution is -1.94. The Labute approximate surface area is 285 Å². The van der Waals surface area contributed by atoms with Crippen molar-refractivity contribution < 1.29 is 4.42 Å². The summed E-state index contributed by atoms with van der Waals surface area (Å²) in [5.74, 6) is 0.636. The summed E-state index contributed by atoms with van der Waals surface area (Å²) in [6.07, 6.45) is 0. The molecule has 2 aromatic heterocycles. The van der Waals surface area contributed by atoms with E-state index < -0.39 is 0 Å². The molecule has 2 heterocycles. The third-order valence-electron chi connectivity index (χ3n) is 8.95. The number of fused-ring (bicyclic) bond motifs is 4. The number of nitrogens with zero attached hydrogens (tertiary/aromatic N) is 2. The van der Waals surface area contributed by atoms with Gasteiger partial charge in [-0.2, -0.15) is 0 Å². The van der Waals surface area contributed by atoms with Gasteiger partial charge in [-0.3, -0.25) is 0 Å². The zero-order valence-electron chi connectivity index (χ0n) is 25.3. The highest BCUT2D eigenvalue weighted by molar-refractivity contribution is 14.1. The van der Waals surface area contributed by atoms with Crippen LogP contribution in [0.1, 0.15) is 0 Å². The van der Waals surface area contributed by atoms with Crippen molar-refractivity contribution in [3.63, 3.8) is 0 Å². The second-order valence-corrected chi connectivity index (χ2v) is 13.0. The third kappa shape index (κ3) is 4.84. The van der Waals surface area contributed by atoms with Crippen LogP contribution in [0.2, 0.25) is 0 Å². The zero-order valence-corrected chi connectivity index (χ0v) is 27.4. The van der Waals surface area contributed by atoms with Crippen LogP contribution in [-0.2, 0) is 0 Å². The Hall–Kier alpha value is -5.46. The molecule has 0 radical (unpaired) electrons. The van der Waals surface area contributed by atoms with E-state index in [0.717, 1.165) is 31.5 Å². The number of oxazole rings is 1. The quantitative estimate of drug-likeness (QED) is 0.166. The molecule has 0 unspecified atom stereocenters. The average molecular weight is 715 g/mol. The van der Waals surface area contributed by atoms with Crippen LogP contribution in [0.4, 0.5) is 0 Å². The molecule has 4 heteroatoms. The van der Waals surface area contributed by atoms with E-state index in [1.54, 1.807) is 0 Å². The monoisotopic (exact) mass is 714 g/mol. The molecule has 0 spiro atoms. The van der Waals surface area contributed by atoms with Crippen LogP contribution >= 0.6 is 22.6 Å². The number of benzene rings is 7. The van der Waals surface area contributed by atoms with Crippen LogP contribution in [0.25, 0.3) is 83.4 Å². The predicted octanol–water partition coefficient (Wildman–Crippen LogP) is 12.2. The first-order valence-electron chi connectivity index (χ1n) is 15.7. The van der Waals surface area contributed by atoms with Crippen molar-refractivity contribution >= 4 is 55.5 Å². The number of hydrogen-bond acceptors (Lipinski definition) is 2. The molecule has 47 heavy (non-hydrogen) atoms. The normalized spacial score (nSPS) is 11.5. The highest BCUT2D eigenvalue weighted by Crippen LogP contribution is 2.39. The lowest BCUT2D eigenvalue weighted by molar-refractivity contribution is 0.620. The highest BCUT2D eigenvalue weighted by Gasteiger charge is 2.15. The van der Waals surface area contributed by atoms with Gasteiger partial charge in [0.25, 0.3) is 0 Å². The van der Waals surface area contributed by atoms with Crippen LogP contribution in [0.3, 0.4) is 0 Å². The fourth-order valence-corrected chi connectivity index (χ4v) is 7.22. The maximum absolute atomic E-state index is 6.07. The van der Waals surface area contributed by atoms with Gasteiger partial charge < -0.3 is 8.98 Å². The molecule has 0 amide bonds. The minimum Gasteiger partial charge on any atom is -0.436 e. The van der Waals surface area contributed by atoms with Gasteiger partial charge in [-0.15, -0.1) is 0 Å². The Morgan fingerprint density at radius 1 is 0.468 bits per heavy atom. The summed E-state index contributed by atoms with van der Waals surface area (Å²) in [5.41, 5.74) is 13.3. The van der Waals surface area contributed by atoms with Crippen molar-refractivity contribution in [1.82, 2.24) is 9.55 Å². The maximum Gasteiger partial charge on any atom is 0.227 e. The van der Waals surface area contributed by atoms with Gasteiger partial charge in [0.1, 0.15) is 5.52 Å². The largest absolute Gasteiger partial charge is 0.436 e. The molecule has 0 N–H and O–H groups in total. The third-order valence-corrected chi connectivity index (χ3v) is 9.62. The van der Waals surface area contributed by atoms with Crippen molar-refractivity contribution in [2.45, 2.75) is 0 Å². The molecule has 0 aliphatic rings. The fourth-order valence-electron chi connectivity index (χ4n) is 6.75. The minimum atomic E-state index is 0.636. The zero-order chi connectivity index (χ0) is 31.3. The summed E-state index contributed by atoms with van der Waals surface area (Å²) >= 11 is 2.30. The van der Waals surface area contributed by atoms with Crippen molar-refractivity contribution in [3.05, 3.63) is 167 Å². The van der Waals surface area contributed by atoms with Crippen molar-refractivity contribution in [2.24, 2.45) is 0 Å². The number of para-hydroxylation sites is 2. The first-order chi connectivity index (χ1) is 23.2. The molecule has 0 aliphatic carbocycles. The lowest BCUT2D eigenvalue weighted by atomic mass is 9.89. The molecule has 9 aromatic rings. The van der Waals surface area contributed by atoms with Gasteiger partial charge in [0.05, 0.1) is 11.0 Å². The molecule has 7 aromatic carbocycles. The van der Waals surface area contributed by atoms with Crippen LogP contribution in [0, 0.1) is 3.57 Å². The maximum atomic E-state index is 6.07. The smallest absolute Gasteiger partial charge is 0.227 e. The van der Waals surface area contributed by atoms with Gasteiger partial charge in [-0.05, 0) is 111 Å². The van der Waals surface area contributed by atoms with E-state index in [1.165, 1.54) is 49.6 Å². The summed E-state index contributed by atoms with van der Waals surface area (Å²) < 4.78 is 9.57. The second kappa shape index (κ2) is 11.4. The van der Waals surface area contributed by atoms with Crippen LogP contribution in [0.5, 0.6) is 0 Å². The van der Waals surface area contributed by atoms with E-state index in [2.05, 4.69) is 173 Å². The standard InChI is InChI=1S/C43H27IN2O/c44-31-23-26-42-39(27-31)45-43(47-42)30-19-17-28(18-20-30)33-9-1-3-11-35(33)36-12-4-2-10-34(36)29-21-24-32(25-22-29)46-40-15-7-5-13-37(40)38-14-6-8-16-41(38)46/h1-27H. The van der Waals surface area contributed by atoms with Gasteiger partial charge in [-0.25, -0.2) is 4.98 Å². The molecule has 0 saturated carbocycles. The predicted molar refractivity (Wildman–Crippen MR) is 203 cm³/mol. The fraction of sp³-hybridized carbons (Fsp3) is 0. The molecule has 3 nitrogen and oxygen atoms in total. The summed E-state index contributed by atoms with van der Waals surface area (Å²) in [5, 5.41) is 2.54. The number of hydrogen-bond donors (Lipinski definition) is 0. The van der Waals surface area contributed by atoms with Gasteiger partial charge in [-0.1, -0.05) is 109 Å². The number of aromatic nitrogens is 2. The Kier molecular flexibility index (Phi) is 6.75. The molecule has 0 bridgehead atoms. The number of halogens is 1. The molecular weight excluding hydrogens is 687 g/mol. The van der Waals surface area contributed by atoms with Crippen LogP contribution < -0.4 is 0 Å². The van der Waals surface area contributed by atoms with E-state index in [4.69, 9.17) is 9.40 Å². The van der Waals surface area contributed by atoms with Crippen molar-refractivity contribution in [1.29, 1.82) is 0 Å². The van der Waals surface area contributed by atoms with E-state index in [1.807, 2.05) is 18.2 Å². The molecule has 0 saturated heterocycles. The summed E-state index contributed by atoms with van der Waals surface area (Å²) in [4.78, 5) is 4.74. The van der Waals surface area contributed by atoms with Crippen molar-refractivity contribution in [3.8, 4) is 50.5 Å². The minimum absolute atomic E-state index is 0.636. The first-order valence-corrected chi connectivity index (χ1v) is 16.7. The average Bonchev–Trinajstić information content (AvgIpc) is 3.71. The van der Waals surface area contributed by atoms with Crippen LogP contribution in [0.15, 0.2) is 168 Å². The topological polar surface area (TPSA) is 31.0 Å². The van der Waals surface area contributed by atoms with E-state index in [9.17, 15) is 0 Å². The highest BCUT2D eigenvalue weighted by atomic mass is 127. The molecule has 222 valence electrons. The Balaban J connectivity index is 1.09. The first kappa shape index (κ1) is 27.8. The Bertz CT molecular complexity index is 2520. The number of rotatable bonds is 5. The second-order valence-electron chi connectivity index (χ2n) is 11.7. The van der Waals surface area contributed by atoms with E-state index in [-0.39, 0.29) is 0 Å². The van der Waals surface area contributed by atoms with E-state index in [0.29, 0.717) is 5.89 Å². The SMILES string of the molecule is Ic1ccc2oc(-c3ccc(-c4ccccc4-c4ccccc4-c4ccc(-n5c6ccccc6c6ccccc65)cc4)cc3)nc2c1. The Morgan fingerprint density at radius 3 is 1.55 bits per heavy atom. The molecule has 0 aliphatic heterocycles. The molecule has 0 atom stereocenters. The molecule has 9 rings (SSSR count). The van der Waals surface area contributed by atoms with E-state index >= 15 is 0 Å². The van der Waals surface area contributed by atoms with Gasteiger partial charge in [0.15, 0.2) is 5.58 Å². The Morgan fingerprint density at radius 2 is 0.957 bits per heavy atom. The summed E-state index contributed by atoms with van der Waals surface area (Å²) in [7, 11) is 0. The summed E-state index contributed by atoms with van der Waals surface area (Å²) in [6, 6.07) is 58.2. The van der Waals surface area contributed by atoms with Gasteiger partial charge >= 0.3 is 0 Å². The van der Waals surface area contributed by atoms with Gasteiger partial charge in [0.2, 0.25) is 5.89 Å². The van der Waals surface area contributed by atoms with Crippen LogP contribution in [-0.4, -0.2) is 9.55 Å². The summed E-state index contributed by atoms with van der Waals surface area (Å²) in [6.45, 7) is 0. The molecule has 0 fully saturated rings. The lowest BCUT2D eigenvalue weighted by Gasteiger charge is -2.15. The molecular formula is C43H27IN2O.